The first-order valence-electron chi connectivity index (χ1n) is 7.83. The molecule has 1 aromatic heterocycles. The van der Waals surface area contributed by atoms with Crippen molar-refractivity contribution in [2.45, 2.75) is 0 Å². The molecule has 0 saturated carbocycles. The zero-order chi connectivity index (χ0) is 16.2. The molecule has 6 heteroatoms. The fraction of sp³-hybridized carbons (Fsp3) is 0. The van der Waals surface area contributed by atoms with Crippen LogP contribution in [0.5, 0.6) is 0 Å². The van der Waals surface area contributed by atoms with Gasteiger partial charge in [-0.15, -0.1) is 10.2 Å². The summed E-state index contributed by atoms with van der Waals surface area (Å²) in [4.78, 5) is 0. The van der Waals surface area contributed by atoms with E-state index in [2.05, 4.69) is 27.5 Å². The smallest absolute Gasteiger partial charge is 0.105 e. The number of hydrogen-bond acceptors (Lipinski definition) is 3. The Labute approximate surface area is 165 Å². The zero-order valence-corrected chi connectivity index (χ0v) is 17.7. The molecule has 0 bridgehead atoms. The molecule has 4 aromatic rings. The Balaban J connectivity index is 0.00000121. The number of benzene rings is 3. The van der Waals surface area contributed by atoms with Crippen LogP contribution in [0.15, 0.2) is 91.0 Å². The third kappa shape index (κ3) is 4.81. The van der Waals surface area contributed by atoms with E-state index in [1.807, 2.05) is 78.9 Å². The normalized spacial score (nSPS) is 9.33. The first kappa shape index (κ1) is 22.5. The molecule has 0 saturated heterocycles. The number of aromatic nitrogens is 3. The molecule has 2 atom stereocenters. The molecule has 0 aliphatic carbocycles. The van der Waals surface area contributed by atoms with Gasteiger partial charge in [0, 0.05) is 16.7 Å². The zero-order valence-electron chi connectivity index (χ0n) is 14.9. The van der Waals surface area contributed by atoms with E-state index in [9.17, 15) is 0 Å². The first-order chi connectivity index (χ1) is 11.9. The maximum absolute atomic E-state index is 4.35. The fourth-order valence-electron chi connectivity index (χ4n) is 2.80. The monoisotopic (exact) mass is 395 g/mol. The predicted octanol–water partition coefficient (Wildman–Crippen LogP) is 4.16. The average Bonchev–Trinajstić information content (AvgIpc) is 2.69. The minimum Gasteiger partial charge on any atom is -0.412 e. The van der Waals surface area contributed by atoms with E-state index in [1.54, 1.807) is 0 Å². The molecule has 2 N–H and O–H groups in total. The van der Waals surface area contributed by atoms with Crippen molar-refractivity contribution in [3.8, 4) is 33.6 Å². The third-order valence-corrected chi connectivity index (χ3v) is 3.92. The lowest BCUT2D eigenvalue weighted by Crippen LogP contribution is -1.99. The van der Waals surface area contributed by atoms with Crippen LogP contribution in [0.3, 0.4) is 0 Å². The molecule has 1 heterocycles. The molecule has 0 radical (unpaired) electrons. The SMILES string of the molecule is O.P.P.c1ccc(-c2nnnc(-c3ccccc3)c2-c2ccccc2)cc1. The Morgan fingerprint density at radius 2 is 0.778 bits per heavy atom. The van der Waals surface area contributed by atoms with Gasteiger partial charge in [0.1, 0.15) is 11.4 Å². The van der Waals surface area contributed by atoms with E-state index in [-0.39, 0.29) is 25.3 Å². The van der Waals surface area contributed by atoms with E-state index >= 15 is 0 Å². The Kier molecular flexibility index (Phi) is 8.84. The van der Waals surface area contributed by atoms with Crippen LogP contribution in [0.1, 0.15) is 0 Å². The summed E-state index contributed by atoms with van der Waals surface area (Å²) in [5.74, 6) is 0. The van der Waals surface area contributed by atoms with Gasteiger partial charge in [0.2, 0.25) is 0 Å². The maximum atomic E-state index is 4.35. The van der Waals surface area contributed by atoms with Crippen LogP contribution in [-0.4, -0.2) is 20.9 Å². The highest BCUT2D eigenvalue weighted by Gasteiger charge is 2.17. The summed E-state index contributed by atoms with van der Waals surface area (Å²) in [5, 5.41) is 12.7. The van der Waals surface area contributed by atoms with Crippen LogP contribution in [0.4, 0.5) is 0 Å². The van der Waals surface area contributed by atoms with Crippen LogP contribution in [0.2, 0.25) is 0 Å². The molecule has 0 aliphatic heterocycles. The minimum atomic E-state index is 0. The summed E-state index contributed by atoms with van der Waals surface area (Å²) in [7, 11) is 0. The molecule has 0 aliphatic rings. The molecule has 4 rings (SSSR count). The summed E-state index contributed by atoms with van der Waals surface area (Å²) < 4.78 is 0. The lowest BCUT2D eigenvalue weighted by molar-refractivity contribution is 0.824. The topological polar surface area (TPSA) is 70.2 Å². The highest BCUT2D eigenvalue weighted by molar-refractivity contribution is 6.92. The molecule has 3 aromatic carbocycles. The molecular weight excluding hydrogens is 372 g/mol. The van der Waals surface area contributed by atoms with Crippen molar-refractivity contribution >= 4 is 19.8 Å². The fourth-order valence-corrected chi connectivity index (χ4v) is 2.80. The van der Waals surface area contributed by atoms with Crippen molar-refractivity contribution in [2.75, 3.05) is 0 Å². The molecule has 2 unspecified atom stereocenters. The third-order valence-electron chi connectivity index (χ3n) is 3.92. The van der Waals surface area contributed by atoms with Gasteiger partial charge in [-0.25, -0.2) is 0 Å². The minimum absolute atomic E-state index is 0. The van der Waals surface area contributed by atoms with Gasteiger partial charge < -0.3 is 5.48 Å². The summed E-state index contributed by atoms with van der Waals surface area (Å²) in [6.45, 7) is 0. The second-order valence-electron chi connectivity index (χ2n) is 5.46. The maximum Gasteiger partial charge on any atom is 0.105 e. The average molecular weight is 395 g/mol. The van der Waals surface area contributed by atoms with Gasteiger partial charge in [0.15, 0.2) is 0 Å². The molecule has 0 amide bonds. The van der Waals surface area contributed by atoms with Crippen molar-refractivity contribution in [1.82, 2.24) is 15.4 Å². The van der Waals surface area contributed by atoms with Gasteiger partial charge in [0.25, 0.3) is 0 Å². The van der Waals surface area contributed by atoms with Crippen molar-refractivity contribution in [3.05, 3.63) is 91.0 Å². The van der Waals surface area contributed by atoms with Gasteiger partial charge in [-0.3, -0.25) is 0 Å². The Bertz CT molecular complexity index is 895. The van der Waals surface area contributed by atoms with Gasteiger partial charge >= 0.3 is 0 Å². The highest BCUT2D eigenvalue weighted by Crippen LogP contribution is 2.36. The summed E-state index contributed by atoms with van der Waals surface area (Å²) >= 11 is 0. The van der Waals surface area contributed by atoms with Crippen LogP contribution >= 0.6 is 19.8 Å². The Hall–Kier alpha value is -2.51. The van der Waals surface area contributed by atoms with Crippen molar-refractivity contribution in [3.63, 3.8) is 0 Å². The molecule has 138 valence electrons. The lowest BCUT2D eigenvalue weighted by atomic mass is 9.95. The summed E-state index contributed by atoms with van der Waals surface area (Å²) in [6, 6.07) is 30.4. The first-order valence-corrected chi connectivity index (χ1v) is 7.83. The van der Waals surface area contributed by atoms with Crippen LogP contribution < -0.4 is 0 Å². The van der Waals surface area contributed by atoms with Gasteiger partial charge in [-0.05, 0) is 10.8 Å². The van der Waals surface area contributed by atoms with Crippen LogP contribution in [0, 0.1) is 0 Å². The molecule has 0 fully saturated rings. The van der Waals surface area contributed by atoms with E-state index in [1.165, 1.54) is 0 Å². The van der Waals surface area contributed by atoms with Crippen LogP contribution in [-0.2, 0) is 0 Å². The summed E-state index contributed by atoms with van der Waals surface area (Å²) in [5.41, 5.74) is 5.83. The number of nitrogens with zero attached hydrogens (tertiary/aromatic N) is 3. The number of rotatable bonds is 3. The summed E-state index contributed by atoms with van der Waals surface area (Å²) in [6.07, 6.45) is 0. The Morgan fingerprint density at radius 3 is 1.15 bits per heavy atom. The Morgan fingerprint density at radius 1 is 0.444 bits per heavy atom. The van der Waals surface area contributed by atoms with Crippen LogP contribution in [0.25, 0.3) is 33.6 Å². The quantitative estimate of drug-likeness (QED) is 0.489. The van der Waals surface area contributed by atoms with E-state index in [4.69, 9.17) is 0 Å². The van der Waals surface area contributed by atoms with Gasteiger partial charge in [0.05, 0.1) is 0 Å². The van der Waals surface area contributed by atoms with Crippen molar-refractivity contribution in [1.29, 1.82) is 0 Å². The largest absolute Gasteiger partial charge is 0.412 e. The van der Waals surface area contributed by atoms with Gasteiger partial charge in [-0.1, -0.05) is 91.0 Å². The lowest BCUT2D eigenvalue weighted by Gasteiger charge is -2.12. The predicted molar refractivity (Wildman–Crippen MR) is 122 cm³/mol. The van der Waals surface area contributed by atoms with Gasteiger partial charge in [-0.2, -0.15) is 19.8 Å². The van der Waals surface area contributed by atoms with Crippen molar-refractivity contribution in [2.24, 2.45) is 0 Å². The van der Waals surface area contributed by atoms with E-state index in [0.717, 1.165) is 33.6 Å². The second kappa shape index (κ2) is 10.6. The molecular formula is C21H23N3OP2. The molecule has 4 nitrogen and oxygen atoms in total. The van der Waals surface area contributed by atoms with E-state index in [0.29, 0.717) is 0 Å². The second-order valence-corrected chi connectivity index (χ2v) is 5.46. The van der Waals surface area contributed by atoms with Crippen molar-refractivity contribution < 1.29 is 5.48 Å². The molecule has 0 spiro atoms. The molecule has 27 heavy (non-hydrogen) atoms. The number of hydrogen-bond donors (Lipinski definition) is 0. The standard InChI is InChI=1S/C21H15N3.H2O.2H3P/c1-4-10-16(11-5-1)19-20(17-12-6-2-7-13-17)22-24-23-21(19)18-14-8-3-9-15-18;;;/h1-15H;1H2;2*1H3. The van der Waals surface area contributed by atoms with E-state index < -0.39 is 0 Å². The highest BCUT2D eigenvalue weighted by atomic mass is 31.0.